The first-order valence-corrected chi connectivity index (χ1v) is 8.99. The maximum atomic E-state index is 12.7. The van der Waals surface area contributed by atoms with Gasteiger partial charge in [0.05, 0.1) is 13.2 Å². The van der Waals surface area contributed by atoms with Gasteiger partial charge in [-0.2, -0.15) is 5.01 Å². The van der Waals surface area contributed by atoms with Crippen molar-refractivity contribution in [3.8, 4) is 11.3 Å². The van der Waals surface area contributed by atoms with E-state index in [1.807, 2.05) is 49.4 Å². The average Bonchev–Trinajstić information content (AvgIpc) is 3.06. The van der Waals surface area contributed by atoms with Crippen LogP contribution in [0.15, 0.2) is 48.7 Å². The third kappa shape index (κ3) is 3.90. The molecule has 0 aliphatic carbocycles. The minimum Gasteiger partial charge on any atom is -0.449 e. The van der Waals surface area contributed by atoms with Crippen molar-refractivity contribution in [2.45, 2.75) is 20.8 Å². The zero-order valence-corrected chi connectivity index (χ0v) is 16.0. The zero-order chi connectivity index (χ0) is 20.1. The van der Waals surface area contributed by atoms with Crippen molar-refractivity contribution in [1.82, 2.24) is 14.8 Å². The molecule has 0 bridgehead atoms. The highest BCUT2D eigenvalue weighted by molar-refractivity contribution is 5.94. The molecular formula is C20H22N4O4. The maximum Gasteiger partial charge on any atom is 0.435 e. The molecule has 8 nitrogen and oxygen atoms in total. The van der Waals surface area contributed by atoms with Crippen molar-refractivity contribution >= 4 is 23.7 Å². The van der Waals surface area contributed by atoms with Crippen LogP contribution in [-0.2, 0) is 9.47 Å². The number of fused-ring (bicyclic) bond motifs is 1. The second-order valence-corrected chi connectivity index (χ2v) is 5.95. The molecule has 0 unspecified atom stereocenters. The number of ether oxygens (including phenoxy) is 2. The molecule has 0 fully saturated rings. The summed E-state index contributed by atoms with van der Waals surface area (Å²) in [6.07, 6.45) is 0.250. The molecule has 28 heavy (non-hydrogen) atoms. The number of rotatable bonds is 4. The lowest BCUT2D eigenvalue weighted by Crippen LogP contribution is -2.47. The SMILES string of the molecule is CCOC(=O)NN(C(=O)OCC)c1c(-c2ccc(C)cc2)nc2ccccn12. The third-order valence-electron chi connectivity index (χ3n) is 3.97. The summed E-state index contributed by atoms with van der Waals surface area (Å²) in [7, 11) is 0. The topological polar surface area (TPSA) is 85.2 Å². The van der Waals surface area contributed by atoms with Gasteiger partial charge in [-0.25, -0.2) is 20.0 Å². The van der Waals surface area contributed by atoms with Crippen LogP contribution in [-0.4, -0.2) is 34.8 Å². The number of imidazole rings is 1. The van der Waals surface area contributed by atoms with E-state index in [9.17, 15) is 9.59 Å². The van der Waals surface area contributed by atoms with E-state index in [1.165, 1.54) is 0 Å². The Morgan fingerprint density at radius 2 is 1.79 bits per heavy atom. The van der Waals surface area contributed by atoms with Crippen LogP contribution in [0.25, 0.3) is 16.9 Å². The van der Waals surface area contributed by atoms with Crippen LogP contribution in [0.5, 0.6) is 0 Å². The lowest BCUT2D eigenvalue weighted by atomic mass is 10.1. The van der Waals surface area contributed by atoms with Crippen molar-refractivity contribution in [1.29, 1.82) is 0 Å². The number of carbonyl (C=O) groups is 2. The van der Waals surface area contributed by atoms with Gasteiger partial charge in [0.25, 0.3) is 0 Å². The highest BCUT2D eigenvalue weighted by atomic mass is 16.6. The molecule has 0 aliphatic rings. The van der Waals surface area contributed by atoms with Crippen LogP contribution >= 0.6 is 0 Å². The van der Waals surface area contributed by atoms with Crippen molar-refractivity contribution in [2.75, 3.05) is 18.2 Å². The number of benzene rings is 1. The van der Waals surface area contributed by atoms with Gasteiger partial charge < -0.3 is 9.47 Å². The monoisotopic (exact) mass is 382 g/mol. The van der Waals surface area contributed by atoms with E-state index in [0.717, 1.165) is 16.1 Å². The Balaban J connectivity index is 2.18. The highest BCUT2D eigenvalue weighted by Gasteiger charge is 2.28. The summed E-state index contributed by atoms with van der Waals surface area (Å²) in [5.74, 6) is 0.353. The molecule has 3 rings (SSSR count). The number of aromatic nitrogens is 2. The van der Waals surface area contributed by atoms with Crippen molar-refractivity contribution < 1.29 is 19.1 Å². The smallest absolute Gasteiger partial charge is 0.435 e. The van der Waals surface area contributed by atoms with E-state index < -0.39 is 12.2 Å². The van der Waals surface area contributed by atoms with Gasteiger partial charge in [-0.3, -0.25) is 4.40 Å². The van der Waals surface area contributed by atoms with Crippen LogP contribution < -0.4 is 10.4 Å². The number of carbonyl (C=O) groups excluding carboxylic acids is 2. The molecular weight excluding hydrogens is 360 g/mol. The van der Waals surface area contributed by atoms with Gasteiger partial charge in [0.1, 0.15) is 11.3 Å². The van der Waals surface area contributed by atoms with Crippen molar-refractivity contribution in [3.05, 3.63) is 54.2 Å². The van der Waals surface area contributed by atoms with Crippen LogP contribution in [0.4, 0.5) is 15.4 Å². The van der Waals surface area contributed by atoms with Crippen molar-refractivity contribution in [3.63, 3.8) is 0 Å². The molecule has 0 saturated heterocycles. The number of amides is 2. The number of pyridine rings is 1. The maximum absolute atomic E-state index is 12.7. The lowest BCUT2D eigenvalue weighted by Gasteiger charge is -2.22. The molecule has 2 heterocycles. The minimum atomic E-state index is -0.767. The number of nitrogens with zero attached hydrogens (tertiary/aromatic N) is 3. The molecule has 0 aliphatic heterocycles. The second-order valence-electron chi connectivity index (χ2n) is 5.95. The number of anilines is 1. The molecule has 2 aromatic heterocycles. The summed E-state index contributed by atoms with van der Waals surface area (Å²) in [4.78, 5) is 29.4. The first-order valence-electron chi connectivity index (χ1n) is 8.99. The number of hydrazine groups is 1. The van der Waals surface area contributed by atoms with Gasteiger partial charge in [-0.05, 0) is 32.9 Å². The second kappa shape index (κ2) is 8.43. The Bertz CT molecular complexity index is 982. The molecule has 8 heteroatoms. The number of nitrogens with one attached hydrogen (secondary N) is 1. The summed E-state index contributed by atoms with van der Waals surface area (Å²) in [5.41, 5.74) is 5.49. The molecule has 3 aromatic rings. The molecule has 0 atom stereocenters. The van der Waals surface area contributed by atoms with Gasteiger partial charge in [0.2, 0.25) is 0 Å². The minimum absolute atomic E-state index is 0.149. The first-order chi connectivity index (χ1) is 13.5. The van der Waals surface area contributed by atoms with Crippen molar-refractivity contribution in [2.24, 2.45) is 0 Å². The van der Waals surface area contributed by atoms with E-state index in [4.69, 9.17) is 9.47 Å². The Kier molecular flexibility index (Phi) is 5.78. The van der Waals surface area contributed by atoms with Gasteiger partial charge >= 0.3 is 12.2 Å². The molecule has 0 spiro atoms. The van der Waals surface area contributed by atoms with Gasteiger partial charge in [0.15, 0.2) is 5.82 Å². The predicted molar refractivity (Wildman–Crippen MR) is 105 cm³/mol. The van der Waals surface area contributed by atoms with E-state index in [-0.39, 0.29) is 13.2 Å². The summed E-state index contributed by atoms with van der Waals surface area (Å²) in [6.45, 7) is 5.68. The first kappa shape index (κ1) is 19.2. The summed E-state index contributed by atoms with van der Waals surface area (Å²) in [5, 5.41) is 1.02. The molecule has 146 valence electrons. The number of hydrogen-bond acceptors (Lipinski definition) is 5. The largest absolute Gasteiger partial charge is 0.449 e. The van der Waals surface area contributed by atoms with Crippen LogP contribution in [0.2, 0.25) is 0 Å². The fraction of sp³-hybridized carbons (Fsp3) is 0.250. The van der Waals surface area contributed by atoms with Crippen LogP contribution in [0.1, 0.15) is 19.4 Å². The van der Waals surface area contributed by atoms with Crippen LogP contribution in [0.3, 0.4) is 0 Å². The molecule has 2 amide bonds. The van der Waals surface area contributed by atoms with E-state index >= 15 is 0 Å². The van der Waals surface area contributed by atoms with Gasteiger partial charge in [-0.15, -0.1) is 0 Å². The Morgan fingerprint density at radius 3 is 2.46 bits per heavy atom. The van der Waals surface area contributed by atoms with E-state index in [1.54, 1.807) is 24.4 Å². The Labute approximate surface area is 162 Å². The van der Waals surface area contributed by atoms with E-state index in [2.05, 4.69) is 10.4 Å². The third-order valence-corrected chi connectivity index (χ3v) is 3.97. The summed E-state index contributed by atoms with van der Waals surface area (Å²) in [6, 6.07) is 13.2. The van der Waals surface area contributed by atoms with Gasteiger partial charge in [0, 0.05) is 11.8 Å². The molecule has 1 N–H and O–H groups in total. The Hall–Kier alpha value is -3.55. The zero-order valence-electron chi connectivity index (χ0n) is 16.0. The fourth-order valence-electron chi connectivity index (χ4n) is 2.73. The Morgan fingerprint density at radius 1 is 1.07 bits per heavy atom. The standard InChI is InChI=1S/C20H22N4O4/c1-4-27-19(25)22-24(20(26)28-5-2)18-17(15-11-9-14(3)10-12-15)21-16-8-6-7-13-23(16)18/h6-13H,4-5H2,1-3H3,(H,22,25). The molecule has 1 aromatic carbocycles. The highest BCUT2D eigenvalue weighted by Crippen LogP contribution is 2.31. The molecule has 0 radical (unpaired) electrons. The van der Waals surface area contributed by atoms with E-state index in [0.29, 0.717) is 17.2 Å². The van der Waals surface area contributed by atoms with Crippen LogP contribution in [0, 0.1) is 6.92 Å². The number of aryl methyl sites for hydroxylation is 1. The summed E-state index contributed by atoms with van der Waals surface area (Å²) >= 11 is 0. The lowest BCUT2D eigenvalue weighted by molar-refractivity contribution is 0.138. The number of hydrogen-bond donors (Lipinski definition) is 1. The summed E-state index contributed by atoms with van der Waals surface area (Å²) < 4.78 is 11.8. The predicted octanol–water partition coefficient (Wildman–Crippen LogP) is 3.93. The molecule has 0 saturated carbocycles. The quantitative estimate of drug-likeness (QED) is 0.691. The fourth-order valence-corrected chi connectivity index (χ4v) is 2.73. The average molecular weight is 382 g/mol. The van der Waals surface area contributed by atoms with Gasteiger partial charge in [-0.1, -0.05) is 35.9 Å². The normalized spacial score (nSPS) is 10.5.